The summed E-state index contributed by atoms with van der Waals surface area (Å²) in [5, 5.41) is 18.6. The number of hydrogen-bond acceptors (Lipinski definition) is 4. The lowest BCUT2D eigenvalue weighted by Crippen LogP contribution is -2.38. The van der Waals surface area contributed by atoms with E-state index in [2.05, 4.69) is 15.6 Å². The lowest BCUT2D eigenvalue weighted by atomic mass is 10.1. The van der Waals surface area contributed by atoms with Crippen molar-refractivity contribution < 1.29 is 10.0 Å². The Morgan fingerprint density at radius 3 is 2.63 bits per heavy atom. The van der Waals surface area contributed by atoms with Gasteiger partial charge in [0.2, 0.25) is 0 Å². The number of nitrogens with one attached hydrogen (secondary N) is 1. The van der Waals surface area contributed by atoms with Crippen LogP contribution in [0.1, 0.15) is 41.5 Å². The molecule has 0 saturated heterocycles. The van der Waals surface area contributed by atoms with Crippen LogP contribution in [0.3, 0.4) is 0 Å². The van der Waals surface area contributed by atoms with E-state index in [0.29, 0.717) is 24.1 Å². The number of rotatable bonds is 5. The van der Waals surface area contributed by atoms with E-state index < -0.39 is 0 Å². The van der Waals surface area contributed by atoms with Gasteiger partial charge < -0.3 is 16.3 Å². The summed E-state index contributed by atoms with van der Waals surface area (Å²) in [6, 6.07) is -0.164. The van der Waals surface area contributed by atoms with Crippen LogP contribution in [0.2, 0.25) is 0 Å². The minimum atomic E-state index is -0.180. The molecule has 1 rings (SSSR count). The first-order chi connectivity index (χ1) is 8.90. The molecule has 0 aliphatic heterocycles. The van der Waals surface area contributed by atoms with Crippen molar-refractivity contribution in [1.29, 1.82) is 0 Å². The summed E-state index contributed by atoms with van der Waals surface area (Å²) >= 11 is 0. The van der Waals surface area contributed by atoms with Gasteiger partial charge in [0.05, 0.1) is 11.3 Å². The van der Waals surface area contributed by atoms with Gasteiger partial charge in [-0.3, -0.25) is 9.48 Å². The van der Waals surface area contributed by atoms with E-state index in [-0.39, 0.29) is 17.8 Å². The van der Waals surface area contributed by atoms with Gasteiger partial charge in [0, 0.05) is 25.2 Å². The molecule has 0 spiro atoms. The van der Waals surface area contributed by atoms with Crippen LogP contribution in [0.4, 0.5) is 0 Å². The molecule has 7 heteroatoms. The second-order valence-corrected chi connectivity index (χ2v) is 4.54. The molecule has 1 unspecified atom stereocenters. The highest BCUT2D eigenvalue weighted by Crippen LogP contribution is 2.12. The van der Waals surface area contributed by atoms with Crippen LogP contribution in [0, 0.1) is 13.8 Å². The lowest BCUT2D eigenvalue weighted by Gasteiger charge is -2.16. The van der Waals surface area contributed by atoms with Crippen molar-refractivity contribution in [1.82, 2.24) is 15.1 Å². The molecule has 0 radical (unpaired) electrons. The normalized spacial score (nSPS) is 13.4. The van der Waals surface area contributed by atoms with Gasteiger partial charge in [-0.15, -0.1) is 0 Å². The highest BCUT2D eigenvalue weighted by Gasteiger charge is 2.20. The summed E-state index contributed by atoms with van der Waals surface area (Å²) in [7, 11) is 1.80. The van der Waals surface area contributed by atoms with Gasteiger partial charge in [-0.2, -0.15) is 5.10 Å². The molecule has 1 atom stereocenters. The standard InChI is InChI=1S/C12H21N5O2/c1-5-9(6-10(13)16-19)14-12(18)11-7(2)15-17(4)8(11)3/h9,19H,5-6H2,1-4H3,(H2,13,16)(H,14,18). The van der Waals surface area contributed by atoms with Crippen LogP contribution in [-0.4, -0.2) is 32.8 Å². The molecule has 1 heterocycles. The number of nitrogens with two attached hydrogens (primary N) is 1. The molecule has 1 aromatic heterocycles. The smallest absolute Gasteiger partial charge is 0.255 e. The molecular weight excluding hydrogens is 246 g/mol. The Bertz CT molecular complexity index is 493. The maximum atomic E-state index is 12.2. The molecule has 0 aromatic carbocycles. The van der Waals surface area contributed by atoms with Crippen molar-refractivity contribution in [2.75, 3.05) is 0 Å². The van der Waals surface area contributed by atoms with Crippen LogP contribution < -0.4 is 11.1 Å². The Morgan fingerprint density at radius 2 is 2.21 bits per heavy atom. The second kappa shape index (κ2) is 6.21. The maximum Gasteiger partial charge on any atom is 0.255 e. The molecule has 106 valence electrons. The summed E-state index contributed by atoms with van der Waals surface area (Å²) in [5.41, 5.74) is 7.55. The Labute approximate surface area is 112 Å². The molecule has 4 N–H and O–H groups in total. The molecular formula is C12H21N5O2. The van der Waals surface area contributed by atoms with Crippen molar-refractivity contribution >= 4 is 11.7 Å². The number of aromatic nitrogens is 2. The first-order valence-electron chi connectivity index (χ1n) is 6.18. The second-order valence-electron chi connectivity index (χ2n) is 4.54. The summed E-state index contributed by atoms with van der Waals surface area (Å²) in [6.45, 7) is 5.57. The van der Waals surface area contributed by atoms with Crippen molar-refractivity contribution in [3.05, 3.63) is 17.0 Å². The number of carbonyl (C=O) groups excluding carboxylic acids is 1. The van der Waals surface area contributed by atoms with Crippen LogP contribution >= 0.6 is 0 Å². The average Bonchev–Trinajstić information content (AvgIpc) is 2.62. The van der Waals surface area contributed by atoms with Crippen LogP contribution in [0.5, 0.6) is 0 Å². The number of nitrogens with zero attached hydrogens (tertiary/aromatic N) is 3. The molecule has 19 heavy (non-hydrogen) atoms. The van der Waals surface area contributed by atoms with Crippen molar-refractivity contribution in [2.45, 2.75) is 39.7 Å². The van der Waals surface area contributed by atoms with Crippen molar-refractivity contribution in [2.24, 2.45) is 17.9 Å². The van der Waals surface area contributed by atoms with Gasteiger partial charge >= 0.3 is 0 Å². The largest absolute Gasteiger partial charge is 0.409 e. The first-order valence-corrected chi connectivity index (χ1v) is 6.18. The number of oxime groups is 1. The van der Waals surface area contributed by atoms with E-state index in [0.717, 1.165) is 5.69 Å². The van der Waals surface area contributed by atoms with E-state index in [1.165, 1.54) is 0 Å². The third kappa shape index (κ3) is 3.46. The van der Waals surface area contributed by atoms with E-state index in [1.807, 2.05) is 13.8 Å². The van der Waals surface area contributed by atoms with E-state index in [4.69, 9.17) is 10.9 Å². The molecule has 0 fully saturated rings. The monoisotopic (exact) mass is 267 g/mol. The van der Waals surface area contributed by atoms with E-state index >= 15 is 0 Å². The van der Waals surface area contributed by atoms with Crippen LogP contribution in [0.15, 0.2) is 5.16 Å². The van der Waals surface area contributed by atoms with Crippen molar-refractivity contribution in [3.8, 4) is 0 Å². The van der Waals surface area contributed by atoms with Gasteiger partial charge in [-0.25, -0.2) is 0 Å². The maximum absolute atomic E-state index is 12.2. The third-order valence-corrected chi connectivity index (χ3v) is 3.15. The number of aryl methyl sites for hydroxylation is 2. The predicted molar refractivity (Wildman–Crippen MR) is 72.3 cm³/mol. The van der Waals surface area contributed by atoms with Crippen LogP contribution in [0.25, 0.3) is 0 Å². The Hall–Kier alpha value is -2.05. The number of amidine groups is 1. The molecule has 0 bridgehead atoms. The van der Waals surface area contributed by atoms with E-state index in [1.54, 1.807) is 18.7 Å². The van der Waals surface area contributed by atoms with Gasteiger partial charge in [-0.05, 0) is 20.3 Å². The molecule has 0 saturated carbocycles. The summed E-state index contributed by atoms with van der Waals surface area (Å²) in [5.74, 6) is -0.0764. The Balaban J connectivity index is 2.83. The zero-order valence-electron chi connectivity index (χ0n) is 11.8. The fourth-order valence-corrected chi connectivity index (χ4v) is 1.95. The number of carbonyl (C=O) groups is 1. The number of hydrogen-bond donors (Lipinski definition) is 3. The molecule has 1 amide bonds. The first kappa shape index (κ1) is 15.0. The summed E-state index contributed by atoms with van der Waals surface area (Å²) < 4.78 is 1.68. The van der Waals surface area contributed by atoms with E-state index in [9.17, 15) is 4.79 Å². The SMILES string of the molecule is CCC(CC(N)=NO)NC(=O)c1c(C)nn(C)c1C. The third-order valence-electron chi connectivity index (χ3n) is 3.15. The van der Waals surface area contributed by atoms with Gasteiger partial charge in [0.25, 0.3) is 5.91 Å². The van der Waals surface area contributed by atoms with Gasteiger partial charge in [-0.1, -0.05) is 12.1 Å². The lowest BCUT2D eigenvalue weighted by molar-refractivity contribution is 0.0935. The highest BCUT2D eigenvalue weighted by atomic mass is 16.4. The molecule has 1 aromatic rings. The number of amides is 1. The predicted octanol–water partition coefficient (Wildman–Crippen LogP) is 0.682. The van der Waals surface area contributed by atoms with Gasteiger partial charge in [0.1, 0.15) is 5.84 Å². The zero-order chi connectivity index (χ0) is 14.6. The van der Waals surface area contributed by atoms with Crippen molar-refractivity contribution in [3.63, 3.8) is 0 Å². The minimum Gasteiger partial charge on any atom is -0.409 e. The molecule has 7 nitrogen and oxygen atoms in total. The average molecular weight is 267 g/mol. The highest BCUT2D eigenvalue weighted by molar-refractivity contribution is 5.96. The summed E-state index contributed by atoms with van der Waals surface area (Å²) in [6.07, 6.45) is 1.01. The topological polar surface area (TPSA) is 106 Å². The quantitative estimate of drug-likeness (QED) is 0.316. The Kier molecular flexibility index (Phi) is 4.91. The zero-order valence-corrected chi connectivity index (χ0v) is 11.8. The fourth-order valence-electron chi connectivity index (χ4n) is 1.95. The molecule has 0 aliphatic carbocycles. The van der Waals surface area contributed by atoms with Crippen LogP contribution in [-0.2, 0) is 7.05 Å². The minimum absolute atomic E-state index is 0.104. The fraction of sp³-hybridized carbons (Fsp3) is 0.583. The van der Waals surface area contributed by atoms with Gasteiger partial charge in [0.15, 0.2) is 0 Å². The summed E-state index contributed by atoms with van der Waals surface area (Å²) in [4.78, 5) is 12.2. The Morgan fingerprint density at radius 1 is 1.58 bits per heavy atom. The molecule has 0 aliphatic rings.